The summed E-state index contributed by atoms with van der Waals surface area (Å²) in [5.41, 5.74) is 8.73. The molecule has 3 heterocycles. The second kappa shape index (κ2) is 10.5. The molecule has 5 heteroatoms. The van der Waals surface area contributed by atoms with Crippen LogP contribution in [-0.2, 0) is 0 Å². The fraction of sp³-hybridized carbons (Fsp3) is 0. The first kappa shape index (κ1) is 24.8. The Morgan fingerprint density at radius 3 is 1.93 bits per heavy atom. The van der Waals surface area contributed by atoms with Crippen molar-refractivity contribution in [3.8, 4) is 50.8 Å². The molecule has 0 bridgehead atoms. The fourth-order valence-corrected chi connectivity index (χ4v) is 5.67. The third-order valence-electron chi connectivity index (χ3n) is 7.74. The summed E-state index contributed by atoms with van der Waals surface area (Å²) in [6, 6.07) is 47.7. The van der Waals surface area contributed by atoms with Gasteiger partial charge in [0.05, 0.1) is 22.6 Å². The van der Waals surface area contributed by atoms with Crippen LogP contribution in [0.25, 0.3) is 72.5 Å². The summed E-state index contributed by atoms with van der Waals surface area (Å²) < 4.78 is 2.01. The van der Waals surface area contributed by atoms with Crippen LogP contribution in [0.5, 0.6) is 0 Å². The minimum Gasteiger partial charge on any atom is -0.265 e. The lowest BCUT2D eigenvalue weighted by Gasteiger charge is -2.10. The van der Waals surface area contributed by atoms with E-state index >= 15 is 0 Å². The van der Waals surface area contributed by atoms with Gasteiger partial charge >= 0.3 is 0 Å². The maximum Gasteiger partial charge on any atom is 0.160 e. The van der Waals surface area contributed by atoms with E-state index in [0.29, 0.717) is 5.82 Å². The number of nitrogens with zero attached hydrogens (tertiary/aromatic N) is 5. The van der Waals surface area contributed by atoms with E-state index in [9.17, 15) is 0 Å². The summed E-state index contributed by atoms with van der Waals surface area (Å²) >= 11 is 0. The van der Waals surface area contributed by atoms with Gasteiger partial charge < -0.3 is 0 Å². The number of fused-ring (bicyclic) bond motifs is 3. The minimum absolute atomic E-state index is 0.695. The van der Waals surface area contributed by atoms with E-state index in [2.05, 4.69) is 83.8 Å². The summed E-state index contributed by atoms with van der Waals surface area (Å²) in [6.07, 6.45) is 3.60. The van der Waals surface area contributed by atoms with Crippen molar-refractivity contribution in [2.45, 2.75) is 0 Å². The second-order valence-corrected chi connectivity index (χ2v) is 10.4. The third-order valence-corrected chi connectivity index (χ3v) is 7.74. The molecule has 5 nitrogen and oxygen atoms in total. The van der Waals surface area contributed by atoms with Crippen LogP contribution >= 0.6 is 0 Å². The van der Waals surface area contributed by atoms with Crippen molar-refractivity contribution >= 4 is 21.7 Å². The molecule has 5 aromatic carbocycles. The van der Waals surface area contributed by atoms with Crippen molar-refractivity contribution in [3.63, 3.8) is 0 Å². The summed E-state index contributed by atoms with van der Waals surface area (Å²) in [4.78, 5) is 14.2. The highest BCUT2D eigenvalue weighted by Gasteiger charge is 2.18. The Bertz CT molecular complexity index is 2170. The number of hydrogen-bond donors (Lipinski definition) is 0. The van der Waals surface area contributed by atoms with E-state index < -0.39 is 0 Å². The summed E-state index contributed by atoms with van der Waals surface area (Å²) in [5, 5.41) is 8.66. The molecular formula is C38H25N5. The normalized spacial score (nSPS) is 11.3. The van der Waals surface area contributed by atoms with Crippen molar-refractivity contribution in [2.75, 3.05) is 0 Å². The number of pyridine rings is 1. The zero-order valence-corrected chi connectivity index (χ0v) is 23.2. The van der Waals surface area contributed by atoms with Gasteiger partial charge in [-0.1, -0.05) is 109 Å². The summed E-state index contributed by atoms with van der Waals surface area (Å²) in [7, 11) is 0. The van der Waals surface area contributed by atoms with Crippen molar-refractivity contribution < 1.29 is 0 Å². The lowest BCUT2D eigenvalue weighted by molar-refractivity contribution is 0.911. The molecular weight excluding hydrogens is 526 g/mol. The molecule has 0 aliphatic carbocycles. The van der Waals surface area contributed by atoms with Crippen molar-refractivity contribution in [2.24, 2.45) is 0 Å². The molecule has 0 unspecified atom stereocenters. The molecule has 8 rings (SSSR count). The van der Waals surface area contributed by atoms with Gasteiger partial charge in [-0.25, -0.2) is 14.6 Å². The second-order valence-electron chi connectivity index (χ2n) is 10.4. The van der Waals surface area contributed by atoms with Gasteiger partial charge in [0.1, 0.15) is 5.69 Å². The van der Waals surface area contributed by atoms with Gasteiger partial charge in [-0.2, -0.15) is 5.10 Å². The molecule has 8 aromatic rings. The lowest BCUT2D eigenvalue weighted by atomic mass is 9.99. The number of benzene rings is 5. The highest BCUT2D eigenvalue weighted by molar-refractivity contribution is 6.13. The highest BCUT2D eigenvalue weighted by Crippen LogP contribution is 2.37. The zero-order valence-electron chi connectivity index (χ0n) is 23.2. The molecule has 0 saturated carbocycles. The predicted molar refractivity (Wildman–Crippen MR) is 174 cm³/mol. The first-order valence-electron chi connectivity index (χ1n) is 14.2. The van der Waals surface area contributed by atoms with Gasteiger partial charge in [-0.15, -0.1) is 0 Å². The molecule has 43 heavy (non-hydrogen) atoms. The van der Waals surface area contributed by atoms with E-state index in [1.807, 2.05) is 65.3 Å². The minimum atomic E-state index is 0.695. The molecule has 0 saturated heterocycles. The van der Waals surface area contributed by atoms with Crippen LogP contribution in [0.2, 0.25) is 0 Å². The van der Waals surface area contributed by atoms with E-state index in [-0.39, 0.29) is 0 Å². The van der Waals surface area contributed by atoms with Crippen LogP contribution in [0.15, 0.2) is 152 Å². The Hall–Kier alpha value is -5.94. The average molecular weight is 552 g/mol. The summed E-state index contributed by atoms with van der Waals surface area (Å²) in [5.74, 6) is 0.695. The smallest absolute Gasteiger partial charge is 0.160 e. The molecule has 3 aromatic heterocycles. The maximum atomic E-state index is 5.20. The molecule has 0 aliphatic rings. The first-order chi connectivity index (χ1) is 21.3. The van der Waals surface area contributed by atoms with Gasteiger partial charge in [-0.05, 0) is 41.1 Å². The van der Waals surface area contributed by atoms with Crippen LogP contribution in [0, 0.1) is 0 Å². The summed E-state index contributed by atoms with van der Waals surface area (Å²) in [6.45, 7) is 0. The number of aromatic nitrogens is 5. The Kier molecular flexibility index (Phi) is 6.05. The quantitative estimate of drug-likeness (QED) is 0.214. The molecule has 0 fully saturated rings. The first-order valence-corrected chi connectivity index (χ1v) is 14.2. The molecule has 0 spiro atoms. The van der Waals surface area contributed by atoms with Crippen LogP contribution < -0.4 is 0 Å². The van der Waals surface area contributed by atoms with Crippen molar-refractivity contribution in [1.29, 1.82) is 0 Å². The van der Waals surface area contributed by atoms with Gasteiger partial charge in [0.25, 0.3) is 0 Å². The molecule has 0 aliphatic heterocycles. The third kappa shape index (κ3) is 4.53. The highest BCUT2D eigenvalue weighted by atomic mass is 15.3. The molecule has 202 valence electrons. The number of hydrogen-bond acceptors (Lipinski definition) is 4. The Labute approximate surface area is 248 Å². The SMILES string of the molecule is c1ccc(-c2cc(-c3cccc(-c4nn(-c5ccncc5)c5ccc6ccccc6c45)c3)nc(-c3ccccc3)n2)cc1. The van der Waals surface area contributed by atoms with E-state index in [1.54, 1.807) is 12.4 Å². The Morgan fingerprint density at radius 1 is 0.488 bits per heavy atom. The molecule has 0 radical (unpaired) electrons. The van der Waals surface area contributed by atoms with E-state index in [1.165, 1.54) is 10.8 Å². The molecule has 0 N–H and O–H groups in total. The Morgan fingerprint density at radius 2 is 1.14 bits per heavy atom. The van der Waals surface area contributed by atoms with Crippen LogP contribution in [0.4, 0.5) is 0 Å². The van der Waals surface area contributed by atoms with Crippen LogP contribution in [0.1, 0.15) is 0 Å². The van der Waals surface area contributed by atoms with Crippen molar-refractivity contribution in [3.05, 3.63) is 152 Å². The van der Waals surface area contributed by atoms with Crippen LogP contribution in [0.3, 0.4) is 0 Å². The van der Waals surface area contributed by atoms with Crippen molar-refractivity contribution in [1.82, 2.24) is 24.7 Å². The van der Waals surface area contributed by atoms with E-state index in [4.69, 9.17) is 15.1 Å². The number of rotatable bonds is 5. The molecule has 0 amide bonds. The van der Waals surface area contributed by atoms with Gasteiger partial charge in [0.2, 0.25) is 0 Å². The predicted octanol–water partition coefficient (Wildman–Crippen LogP) is 9.03. The van der Waals surface area contributed by atoms with Gasteiger partial charge in [0.15, 0.2) is 5.82 Å². The maximum absolute atomic E-state index is 5.20. The fourth-order valence-electron chi connectivity index (χ4n) is 5.67. The largest absolute Gasteiger partial charge is 0.265 e. The Balaban J connectivity index is 1.34. The van der Waals surface area contributed by atoms with E-state index in [0.717, 1.165) is 55.9 Å². The molecule has 0 atom stereocenters. The zero-order chi connectivity index (χ0) is 28.6. The van der Waals surface area contributed by atoms with Gasteiger partial charge in [0, 0.05) is 40.0 Å². The topological polar surface area (TPSA) is 56.5 Å². The van der Waals surface area contributed by atoms with Gasteiger partial charge in [-0.3, -0.25) is 4.98 Å². The lowest BCUT2D eigenvalue weighted by Crippen LogP contribution is -1.97. The monoisotopic (exact) mass is 551 g/mol. The average Bonchev–Trinajstić information content (AvgIpc) is 3.50. The van der Waals surface area contributed by atoms with Crippen LogP contribution in [-0.4, -0.2) is 24.7 Å². The standard InChI is InChI=1S/C38H25N5/c1-3-11-27(12-4-1)33-25-34(41-38(40-33)28-13-5-2-6-14-28)29-15-9-16-30(24-29)37-36-32-17-8-7-10-26(32)18-19-35(36)43(42-37)31-20-22-39-23-21-31/h1-25H.